The number of hydrogen-bond donors (Lipinski definition) is 0. The Morgan fingerprint density at radius 2 is 2.13 bits per heavy atom. The Bertz CT molecular complexity index is 418. The summed E-state index contributed by atoms with van der Waals surface area (Å²) in [6.07, 6.45) is 1.88. The quantitative estimate of drug-likeness (QED) is 0.544. The molecule has 0 aliphatic heterocycles. The van der Waals surface area contributed by atoms with E-state index in [0.717, 1.165) is 16.0 Å². The van der Waals surface area contributed by atoms with Crippen LogP contribution in [0.1, 0.15) is 23.6 Å². The van der Waals surface area contributed by atoms with E-state index in [2.05, 4.69) is 0 Å². The lowest BCUT2D eigenvalue weighted by Crippen LogP contribution is -2.22. The van der Waals surface area contributed by atoms with Gasteiger partial charge in [0, 0.05) is 6.92 Å². The Labute approximate surface area is 89.9 Å². The average molecular weight is 202 g/mol. The van der Waals surface area contributed by atoms with Crippen LogP contribution in [0.15, 0.2) is 18.2 Å². The minimum atomic E-state index is -0.225. The normalized spacial score (nSPS) is 9.47. The fraction of sp³-hybridized carbons (Fsp3) is 0.333. The highest BCUT2D eigenvalue weighted by Gasteiger charge is 2.09. The van der Waals surface area contributed by atoms with Crippen LogP contribution in [0.4, 0.5) is 0 Å². The summed E-state index contributed by atoms with van der Waals surface area (Å²) in [5.74, 6) is -0.225. The summed E-state index contributed by atoms with van der Waals surface area (Å²) in [7, 11) is 0. The Hall–Kier alpha value is -1.82. The van der Waals surface area contributed by atoms with Crippen LogP contribution in [0.5, 0.6) is 0 Å². The predicted octanol–water partition coefficient (Wildman–Crippen LogP) is 2.13. The lowest BCUT2D eigenvalue weighted by Gasteiger charge is -2.13. The molecule has 0 bridgehead atoms. The molecule has 0 radical (unpaired) electrons. The summed E-state index contributed by atoms with van der Waals surface area (Å²) in [6.45, 7) is 5.76. The monoisotopic (exact) mass is 202 g/mol. The third kappa shape index (κ3) is 2.81. The number of carbonyl (C=O) groups excluding carboxylic acids is 1. The van der Waals surface area contributed by atoms with Crippen molar-refractivity contribution in [2.75, 3.05) is 0 Å². The SMILES string of the molecule is CC(=O)N(C#N)Cc1ccc(C)cc1C. The third-order valence-corrected chi connectivity index (χ3v) is 2.33. The molecule has 0 saturated carbocycles. The lowest BCUT2D eigenvalue weighted by atomic mass is 10.1. The average Bonchev–Trinajstić information content (AvgIpc) is 2.16. The fourth-order valence-corrected chi connectivity index (χ4v) is 1.41. The van der Waals surface area contributed by atoms with Gasteiger partial charge in [-0.1, -0.05) is 23.8 Å². The Morgan fingerprint density at radius 3 is 2.60 bits per heavy atom. The van der Waals surface area contributed by atoms with E-state index in [4.69, 9.17) is 5.26 Å². The minimum Gasteiger partial charge on any atom is -0.274 e. The van der Waals surface area contributed by atoms with E-state index in [1.807, 2.05) is 38.2 Å². The molecular weight excluding hydrogens is 188 g/mol. The van der Waals surface area contributed by atoms with Crippen molar-refractivity contribution in [3.63, 3.8) is 0 Å². The zero-order valence-electron chi connectivity index (χ0n) is 9.24. The van der Waals surface area contributed by atoms with Gasteiger partial charge < -0.3 is 0 Å². The topological polar surface area (TPSA) is 44.1 Å². The van der Waals surface area contributed by atoms with Gasteiger partial charge in [0.1, 0.15) is 0 Å². The molecule has 0 heterocycles. The van der Waals surface area contributed by atoms with Crippen LogP contribution >= 0.6 is 0 Å². The fourth-order valence-electron chi connectivity index (χ4n) is 1.41. The summed E-state index contributed by atoms with van der Waals surface area (Å²) >= 11 is 0. The lowest BCUT2D eigenvalue weighted by molar-refractivity contribution is -0.126. The second-order valence-corrected chi connectivity index (χ2v) is 3.64. The molecule has 3 nitrogen and oxygen atoms in total. The van der Waals surface area contributed by atoms with Crippen LogP contribution in [0, 0.1) is 25.3 Å². The van der Waals surface area contributed by atoms with E-state index in [0.29, 0.717) is 6.54 Å². The van der Waals surface area contributed by atoms with Crippen molar-refractivity contribution < 1.29 is 4.79 Å². The van der Waals surface area contributed by atoms with Gasteiger partial charge >= 0.3 is 0 Å². The molecule has 1 rings (SSSR count). The van der Waals surface area contributed by atoms with Crippen molar-refractivity contribution in [3.8, 4) is 6.19 Å². The van der Waals surface area contributed by atoms with Crippen LogP contribution in [0.3, 0.4) is 0 Å². The van der Waals surface area contributed by atoms with Gasteiger partial charge in [0.2, 0.25) is 5.91 Å². The van der Waals surface area contributed by atoms with Crippen LogP contribution in [-0.4, -0.2) is 10.8 Å². The van der Waals surface area contributed by atoms with E-state index >= 15 is 0 Å². The molecule has 15 heavy (non-hydrogen) atoms. The van der Waals surface area contributed by atoms with E-state index in [9.17, 15) is 4.79 Å². The molecule has 3 heteroatoms. The van der Waals surface area contributed by atoms with Gasteiger partial charge in [0.05, 0.1) is 6.54 Å². The first-order valence-electron chi connectivity index (χ1n) is 4.78. The van der Waals surface area contributed by atoms with E-state index in [1.165, 1.54) is 12.5 Å². The van der Waals surface area contributed by atoms with Gasteiger partial charge in [-0.3, -0.25) is 4.79 Å². The first-order valence-corrected chi connectivity index (χ1v) is 4.78. The number of benzene rings is 1. The highest BCUT2D eigenvalue weighted by atomic mass is 16.2. The molecular formula is C12H14N2O. The molecule has 0 atom stereocenters. The maximum Gasteiger partial charge on any atom is 0.232 e. The summed E-state index contributed by atoms with van der Waals surface area (Å²) in [6, 6.07) is 5.99. The number of amides is 1. The summed E-state index contributed by atoms with van der Waals surface area (Å²) in [4.78, 5) is 12.2. The molecule has 0 N–H and O–H groups in total. The Balaban J connectivity index is 2.90. The molecule has 0 spiro atoms. The van der Waals surface area contributed by atoms with E-state index in [-0.39, 0.29) is 5.91 Å². The molecule has 78 valence electrons. The third-order valence-electron chi connectivity index (χ3n) is 2.33. The highest BCUT2D eigenvalue weighted by molar-refractivity contribution is 5.74. The second kappa shape index (κ2) is 4.61. The predicted molar refractivity (Wildman–Crippen MR) is 57.8 cm³/mol. The van der Waals surface area contributed by atoms with E-state index < -0.39 is 0 Å². The van der Waals surface area contributed by atoms with Crippen molar-refractivity contribution in [2.24, 2.45) is 0 Å². The summed E-state index contributed by atoms with van der Waals surface area (Å²) in [5, 5.41) is 8.76. The van der Waals surface area contributed by atoms with Gasteiger partial charge in [-0.05, 0) is 25.0 Å². The number of nitriles is 1. The zero-order chi connectivity index (χ0) is 11.4. The van der Waals surface area contributed by atoms with Crippen LogP contribution in [0.2, 0.25) is 0 Å². The minimum absolute atomic E-state index is 0.225. The van der Waals surface area contributed by atoms with E-state index in [1.54, 1.807) is 0 Å². The number of nitrogens with zero attached hydrogens (tertiary/aromatic N) is 2. The highest BCUT2D eigenvalue weighted by Crippen LogP contribution is 2.12. The van der Waals surface area contributed by atoms with Crippen molar-refractivity contribution in [1.82, 2.24) is 4.90 Å². The molecule has 0 aliphatic rings. The maximum atomic E-state index is 11.1. The van der Waals surface area contributed by atoms with Gasteiger partial charge in [0.15, 0.2) is 6.19 Å². The maximum absolute atomic E-state index is 11.1. The van der Waals surface area contributed by atoms with Gasteiger partial charge in [-0.2, -0.15) is 5.26 Å². The molecule has 0 fully saturated rings. The molecule has 1 aromatic rings. The standard InChI is InChI=1S/C12H14N2O/c1-9-4-5-12(10(2)6-9)7-14(8-13)11(3)15/h4-6H,7H2,1-3H3. The van der Waals surface area contributed by atoms with Crippen molar-refractivity contribution in [3.05, 3.63) is 34.9 Å². The summed E-state index contributed by atoms with van der Waals surface area (Å²) < 4.78 is 0. The van der Waals surface area contributed by atoms with Crippen LogP contribution < -0.4 is 0 Å². The van der Waals surface area contributed by atoms with Crippen molar-refractivity contribution in [2.45, 2.75) is 27.3 Å². The first-order chi connectivity index (χ1) is 7.04. The van der Waals surface area contributed by atoms with Crippen LogP contribution in [0.25, 0.3) is 0 Å². The largest absolute Gasteiger partial charge is 0.274 e. The molecule has 1 aromatic carbocycles. The van der Waals surface area contributed by atoms with Gasteiger partial charge in [0.25, 0.3) is 0 Å². The molecule has 0 unspecified atom stereocenters. The number of carbonyl (C=O) groups is 1. The molecule has 1 amide bonds. The first kappa shape index (κ1) is 11.3. The molecule has 0 aromatic heterocycles. The number of rotatable bonds is 2. The Kier molecular flexibility index (Phi) is 3.46. The van der Waals surface area contributed by atoms with Gasteiger partial charge in [-0.25, -0.2) is 4.90 Å². The van der Waals surface area contributed by atoms with Gasteiger partial charge in [-0.15, -0.1) is 0 Å². The summed E-state index contributed by atoms with van der Waals surface area (Å²) in [5.41, 5.74) is 3.30. The Morgan fingerprint density at radius 1 is 1.47 bits per heavy atom. The number of aryl methyl sites for hydroxylation is 2. The number of hydrogen-bond acceptors (Lipinski definition) is 2. The smallest absolute Gasteiger partial charge is 0.232 e. The second-order valence-electron chi connectivity index (χ2n) is 3.64. The van der Waals surface area contributed by atoms with Crippen LogP contribution in [-0.2, 0) is 11.3 Å². The molecule has 0 saturated heterocycles. The van der Waals surface area contributed by atoms with Crippen molar-refractivity contribution >= 4 is 5.91 Å². The van der Waals surface area contributed by atoms with Crippen molar-refractivity contribution in [1.29, 1.82) is 5.26 Å². The molecule has 0 aliphatic carbocycles. The zero-order valence-corrected chi connectivity index (χ0v) is 9.24.